The second-order valence-corrected chi connectivity index (χ2v) is 18.5. The summed E-state index contributed by atoms with van der Waals surface area (Å²) in [5, 5.41) is 10.6. The smallest absolute Gasteiger partial charge is 0.392 e. The number of benzene rings is 4. The molecule has 1 N–H and O–H groups in total. The molecule has 0 saturated heterocycles. The van der Waals surface area contributed by atoms with Gasteiger partial charge in [-0.25, -0.2) is 0 Å². The first kappa shape index (κ1) is 54.0. The Kier molecular flexibility index (Phi) is 27.7. The molecular weight excluding hydrogens is 933 g/mol. The van der Waals surface area contributed by atoms with Crippen molar-refractivity contribution in [3.8, 4) is 0 Å². The van der Waals surface area contributed by atoms with Crippen molar-refractivity contribution >= 4 is 93.2 Å². The summed E-state index contributed by atoms with van der Waals surface area (Å²) < 4.78 is 35.3. The SMILES string of the molecule is C.CC(C)OB(OC(C)C)OC(C)C.CC(C)OB(OCc1ccc(Sc2ccc(Cl)cc2)cc1Br)OC(C)C.OCc1ccc(Sc2ccc(Cl)cc2)cc1Br. The van der Waals surface area contributed by atoms with Gasteiger partial charge in [0.1, 0.15) is 0 Å². The van der Waals surface area contributed by atoms with E-state index in [0.717, 1.165) is 49.7 Å². The van der Waals surface area contributed by atoms with Crippen LogP contribution in [0.15, 0.2) is 113 Å². The lowest BCUT2D eigenvalue weighted by Gasteiger charge is -2.20. The maximum Gasteiger partial charge on any atom is 0.640 e. The monoisotopic (exact) mass is 988 g/mol. The maximum atomic E-state index is 9.08. The summed E-state index contributed by atoms with van der Waals surface area (Å²) in [6.07, 6.45) is 0.396. The Hall–Kier alpha value is -1.03. The number of aliphatic hydroxyl groups is 1. The highest BCUT2D eigenvalue weighted by molar-refractivity contribution is 9.10. The third-order valence-electron chi connectivity index (χ3n) is 6.61. The second kappa shape index (κ2) is 29.3. The molecule has 0 unspecified atom stereocenters. The molecule has 0 radical (unpaired) electrons. The maximum absolute atomic E-state index is 9.08. The molecule has 7 nitrogen and oxygen atoms in total. The summed E-state index contributed by atoms with van der Waals surface area (Å²) in [4.78, 5) is 4.53. The van der Waals surface area contributed by atoms with Gasteiger partial charge in [0.2, 0.25) is 0 Å². The topological polar surface area (TPSA) is 75.6 Å². The fraction of sp³-hybridized carbons (Fsp3) is 0.429. The van der Waals surface area contributed by atoms with E-state index < -0.39 is 14.6 Å². The lowest BCUT2D eigenvalue weighted by atomic mass is 10.1. The number of hydrogen-bond acceptors (Lipinski definition) is 9. The number of rotatable bonds is 18. The third kappa shape index (κ3) is 24.1. The van der Waals surface area contributed by atoms with Crippen molar-refractivity contribution in [1.29, 1.82) is 0 Å². The Morgan fingerprint density at radius 2 is 0.825 bits per heavy atom. The Morgan fingerprint density at radius 1 is 0.509 bits per heavy atom. The van der Waals surface area contributed by atoms with Crippen molar-refractivity contribution in [3.05, 3.63) is 115 Å². The quantitative estimate of drug-likeness (QED) is 0.0981. The Labute approximate surface area is 378 Å². The average molecular weight is 991 g/mol. The zero-order valence-electron chi connectivity index (χ0n) is 33.8. The van der Waals surface area contributed by atoms with Gasteiger partial charge in [-0.05, 0) is 153 Å². The van der Waals surface area contributed by atoms with E-state index in [2.05, 4.69) is 44.0 Å². The van der Waals surface area contributed by atoms with Gasteiger partial charge >= 0.3 is 14.6 Å². The van der Waals surface area contributed by atoms with Gasteiger partial charge in [-0.2, -0.15) is 0 Å². The van der Waals surface area contributed by atoms with E-state index in [1.807, 2.05) is 142 Å². The summed E-state index contributed by atoms with van der Waals surface area (Å²) in [5.41, 5.74) is 1.93. The second-order valence-electron chi connectivity index (χ2n) is 13.6. The van der Waals surface area contributed by atoms with E-state index in [1.54, 1.807) is 23.5 Å². The summed E-state index contributed by atoms with van der Waals surface area (Å²) in [5.74, 6) is 0. The van der Waals surface area contributed by atoms with Crippen LogP contribution >= 0.6 is 78.6 Å². The lowest BCUT2D eigenvalue weighted by molar-refractivity contribution is 0.0334. The molecule has 0 amide bonds. The van der Waals surface area contributed by atoms with Crippen LogP contribution in [-0.4, -0.2) is 50.3 Å². The third-order valence-corrected chi connectivity index (χ3v) is 10.6. The molecule has 0 spiro atoms. The van der Waals surface area contributed by atoms with Crippen molar-refractivity contribution in [1.82, 2.24) is 0 Å². The predicted octanol–water partition coefficient (Wildman–Crippen LogP) is 14.2. The first-order chi connectivity index (χ1) is 26.4. The molecule has 0 heterocycles. The zero-order valence-corrected chi connectivity index (χ0v) is 40.1. The van der Waals surface area contributed by atoms with Gasteiger partial charge in [-0.1, -0.05) is 98.1 Å². The Bertz CT molecular complexity index is 1660. The van der Waals surface area contributed by atoms with Crippen molar-refractivity contribution in [3.63, 3.8) is 0 Å². The van der Waals surface area contributed by atoms with Crippen molar-refractivity contribution in [2.45, 2.75) is 140 Å². The molecule has 4 aromatic carbocycles. The lowest BCUT2D eigenvalue weighted by Crippen LogP contribution is -2.34. The van der Waals surface area contributed by atoms with Crippen molar-refractivity contribution in [2.75, 3.05) is 0 Å². The van der Waals surface area contributed by atoms with Crippen LogP contribution in [0.2, 0.25) is 10.0 Å². The summed E-state index contributed by atoms with van der Waals surface area (Å²) >= 11 is 22.2. The standard InChI is InChI=1S/C19H23BBrClO3S.C13H10BrClOS.C9H21BO3.CH4/c1-13(2)24-20(25-14(3)4)23-12-15-5-8-18(11-19(15)21)26-17-9-6-16(22)7-10-17;14-13-7-12(4-1-9(13)8-16)17-11-5-2-10(15)3-6-11;1-7(2)11-10(12-8(3)4)13-9(5)6;/h5-11,13-14H,12H2,1-4H3;1-7,16H,8H2;7-9H,1-6H3;1H4. The largest absolute Gasteiger partial charge is 0.640 e. The number of halogens is 4. The van der Waals surface area contributed by atoms with Gasteiger partial charge in [0.25, 0.3) is 0 Å². The van der Waals surface area contributed by atoms with Gasteiger partial charge in [-0.15, -0.1) is 0 Å². The first-order valence-corrected chi connectivity index (χ1v) is 22.3. The molecule has 4 rings (SSSR count). The first-order valence-electron chi connectivity index (χ1n) is 18.4. The highest BCUT2D eigenvalue weighted by atomic mass is 79.9. The van der Waals surface area contributed by atoms with E-state index in [-0.39, 0.29) is 44.6 Å². The molecule has 0 aliphatic heterocycles. The molecule has 0 atom stereocenters. The molecule has 0 saturated carbocycles. The van der Waals surface area contributed by atoms with E-state index >= 15 is 0 Å². The van der Waals surface area contributed by atoms with E-state index in [0.29, 0.717) is 6.61 Å². The molecule has 15 heteroatoms. The highest BCUT2D eigenvalue weighted by Gasteiger charge is 2.26. The van der Waals surface area contributed by atoms with Crippen LogP contribution in [0.25, 0.3) is 0 Å². The van der Waals surface area contributed by atoms with E-state index in [9.17, 15) is 0 Å². The van der Waals surface area contributed by atoms with E-state index in [4.69, 9.17) is 56.2 Å². The van der Waals surface area contributed by atoms with Crippen LogP contribution in [-0.2, 0) is 41.1 Å². The van der Waals surface area contributed by atoms with Crippen molar-refractivity contribution < 1.29 is 33.0 Å². The molecule has 0 aromatic heterocycles. The van der Waals surface area contributed by atoms with Crippen LogP contribution in [0.1, 0.15) is 87.8 Å². The fourth-order valence-corrected chi connectivity index (χ4v) is 7.45. The van der Waals surface area contributed by atoms with Gasteiger partial charge in [0.05, 0.1) is 13.2 Å². The molecule has 314 valence electrons. The molecule has 4 aromatic rings. The molecule has 0 aliphatic carbocycles. The van der Waals surface area contributed by atoms with Gasteiger partial charge < -0.3 is 33.0 Å². The molecule has 0 aliphatic rings. The van der Waals surface area contributed by atoms with Gasteiger partial charge in [-0.3, -0.25) is 0 Å². The number of aliphatic hydroxyl groups excluding tert-OH is 1. The fourth-order valence-electron chi connectivity index (χ4n) is 4.18. The minimum Gasteiger partial charge on any atom is -0.392 e. The minimum atomic E-state index is -0.676. The Morgan fingerprint density at radius 3 is 1.14 bits per heavy atom. The predicted molar refractivity (Wildman–Crippen MR) is 249 cm³/mol. The average Bonchev–Trinajstić information content (AvgIpc) is 3.09. The van der Waals surface area contributed by atoms with Gasteiger partial charge in [0, 0.05) is 69.1 Å². The molecule has 57 heavy (non-hydrogen) atoms. The van der Waals surface area contributed by atoms with Crippen LogP contribution in [0.5, 0.6) is 0 Å². The minimum absolute atomic E-state index is 0. The molecular formula is C42H58B2Br2Cl2O7S2. The van der Waals surface area contributed by atoms with Crippen molar-refractivity contribution in [2.24, 2.45) is 0 Å². The summed E-state index contributed by atoms with van der Waals surface area (Å²) in [6.45, 7) is 20.0. The highest BCUT2D eigenvalue weighted by Crippen LogP contribution is 2.33. The Balaban J connectivity index is 0.000000454. The van der Waals surface area contributed by atoms with Crippen LogP contribution in [0, 0.1) is 0 Å². The molecule has 0 fully saturated rings. The molecule has 0 bridgehead atoms. The van der Waals surface area contributed by atoms with E-state index in [1.165, 1.54) is 0 Å². The van der Waals surface area contributed by atoms with Crippen LogP contribution in [0.4, 0.5) is 0 Å². The van der Waals surface area contributed by atoms with Gasteiger partial charge in [0.15, 0.2) is 0 Å². The summed E-state index contributed by atoms with van der Waals surface area (Å²) in [7, 11) is -1.22. The number of hydrogen-bond donors (Lipinski definition) is 1. The zero-order chi connectivity index (χ0) is 41.8. The summed E-state index contributed by atoms with van der Waals surface area (Å²) in [6, 6.07) is 27.7. The van der Waals surface area contributed by atoms with Crippen LogP contribution in [0.3, 0.4) is 0 Å². The van der Waals surface area contributed by atoms with Crippen LogP contribution < -0.4 is 0 Å². The normalized spacial score (nSPS) is 11.0.